The molecule has 2 aromatic rings. The number of amides is 1. The lowest BCUT2D eigenvalue weighted by Gasteiger charge is -2.36. The molecule has 1 amide bonds. The summed E-state index contributed by atoms with van der Waals surface area (Å²) in [6.45, 7) is 3.77. The molecule has 3 N–H and O–H groups in total. The third-order valence-electron chi connectivity index (χ3n) is 5.47. The highest BCUT2D eigenvalue weighted by Crippen LogP contribution is 2.30. The van der Waals surface area contributed by atoms with E-state index in [0.29, 0.717) is 45.0 Å². The summed E-state index contributed by atoms with van der Waals surface area (Å²) in [5.41, 5.74) is 0.777. The Morgan fingerprint density at radius 1 is 1.06 bits per heavy atom. The monoisotopic (exact) mass is 490 g/mol. The number of aromatic carboxylic acids is 1. The minimum atomic E-state index is -3.90. The number of anilines is 2. The largest absolute Gasteiger partial charge is 0.478 e. The van der Waals surface area contributed by atoms with Gasteiger partial charge < -0.3 is 20.1 Å². The topological polar surface area (TPSA) is 128 Å². The average molecular weight is 491 g/mol. The fraction of sp³-hybridized carbons (Fsp3) is 0.391. The van der Waals surface area contributed by atoms with Crippen molar-refractivity contribution in [2.24, 2.45) is 0 Å². The van der Waals surface area contributed by atoms with Crippen LogP contribution in [0.25, 0.3) is 0 Å². The van der Waals surface area contributed by atoms with Crippen LogP contribution in [0, 0.1) is 0 Å². The van der Waals surface area contributed by atoms with Gasteiger partial charge >= 0.3 is 5.97 Å². The van der Waals surface area contributed by atoms with Crippen LogP contribution < -0.4 is 14.9 Å². The molecule has 1 fully saturated rings. The first-order chi connectivity index (χ1) is 16.3. The summed E-state index contributed by atoms with van der Waals surface area (Å²) in [5, 5.41) is 12.3. The van der Waals surface area contributed by atoms with Crippen LogP contribution in [-0.4, -0.2) is 83.3 Å². The van der Waals surface area contributed by atoms with Gasteiger partial charge in [0, 0.05) is 46.4 Å². The van der Waals surface area contributed by atoms with Gasteiger partial charge in [0.25, 0.3) is 10.0 Å². The van der Waals surface area contributed by atoms with Gasteiger partial charge in [-0.2, -0.15) is 0 Å². The lowest BCUT2D eigenvalue weighted by Crippen LogP contribution is -2.49. The SMILES string of the molecule is COCCCNC(=O)CN1CCN(c2ccc(C(=O)O)cc2NS(=O)(=O)c2ccccc2)CC1. The number of methoxy groups -OCH3 is 1. The van der Waals surface area contributed by atoms with Crippen molar-refractivity contribution in [2.75, 3.05) is 62.6 Å². The first-order valence-electron chi connectivity index (χ1n) is 11.0. The Morgan fingerprint density at radius 2 is 1.76 bits per heavy atom. The van der Waals surface area contributed by atoms with E-state index in [4.69, 9.17) is 4.74 Å². The van der Waals surface area contributed by atoms with E-state index in [2.05, 4.69) is 10.0 Å². The molecule has 0 unspecified atom stereocenters. The molecular formula is C23H30N4O6S. The van der Waals surface area contributed by atoms with Crippen molar-refractivity contribution in [1.29, 1.82) is 0 Å². The van der Waals surface area contributed by atoms with Gasteiger partial charge in [0.1, 0.15) is 0 Å². The summed E-state index contributed by atoms with van der Waals surface area (Å²) in [6.07, 6.45) is 0.754. The van der Waals surface area contributed by atoms with Crippen LogP contribution in [0.1, 0.15) is 16.8 Å². The van der Waals surface area contributed by atoms with Crippen molar-refractivity contribution < 1.29 is 27.9 Å². The van der Waals surface area contributed by atoms with Gasteiger partial charge in [-0.15, -0.1) is 0 Å². The van der Waals surface area contributed by atoms with E-state index in [1.807, 2.05) is 9.80 Å². The van der Waals surface area contributed by atoms with Gasteiger partial charge in [-0.25, -0.2) is 13.2 Å². The minimum Gasteiger partial charge on any atom is -0.478 e. The number of hydrogen-bond acceptors (Lipinski definition) is 7. The molecule has 0 atom stereocenters. The van der Waals surface area contributed by atoms with Gasteiger partial charge in [0.05, 0.1) is 28.4 Å². The first kappa shape index (κ1) is 25.5. The van der Waals surface area contributed by atoms with Crippen molar-refractivity contribution in [3.63, 3.8) is 0 Å². The molecule has 184 valence electrons. The van der Waals surface area contributed by atoms with Crippen molar-refractivity contribution in [2.45, 2.75) is 11.3 Å². The predicted octanol–water partition coefficient (Wildman–Crippen LogP) is 1.46. The highest BCUT2D eigenvalue weighted by atomic mass is 32.2. The Balaban J connectivity index is 1.69. The lowest BCUT2D eigenvalue weighted by molar-refractivity contribution is -0.122. The highest BCUT2D eigenvalue weighted by Gasteiger charge is 2.24. The number of piperazine rings is 1. The summed E-state index contributed by atoms with van der Waals surface area (Å²) < 4.78 is 33.3. The van der Waals surface area contributed by atoms with Gasteiger partial charge in [0.15, 0.2) is 0 Å². The molecule has 1 heterocycles. The molecule has 0 aliphatic carbocycles. The van der Waals surface area contributed by atoms with Crippen molar-refractivity contribution in [1.82, 2.24) is 10.2 Å². The molecular weight excluding hydrogens is 460 g/mol. The predicted molar refractivity (Wildman–Crippen MR) is 129 cm³/mol. The summed E-state index contributed by atoms with van der Waals surface area (Å²) >= 11 is 0. The van der Waals surface area contributed by atoms with E-state index in [9.17, 15) is 23.1 Å². The highest BCUT2D eigenvalue weighted by molar-refractivity contribution is 7.92. The third kappa shape index (κ3) is 6.92. The van der Waals surface area contributed by atoms with E-state index in [1.165, 1.54) is 24.3 Å². The second-order valence-electron chi connectivity index (χ2n) is 7.92. The van der Waals surface area contributed by atoms with Crippen LogP contribution in [-0.2, 0) is 19.6 Å². The van der Waals surface area contributed by atoms with Crippen molar-refractivity contribution in [3.8, 4) is 0 Å². The maximum atomic E-state index is 12.9. The first-order valence-corrected chi connectivity index (χ1v) is 12.5. The standard InChI is InChI=1S/C23H30N4O6S/c1-33-15-5-10-24-22(28)17-26-11-13-27(14-12-26)21-9-8-18(23(29)30)16-20(21)25-34(31,32)19-6-3-2-4-7-19/h2-4,6-9,16,25H,5,10-15,17H2,1H3,(H,24,28)(H,29,30). The quantitative estimate of drug-likeness (QED) is 0.404. The van der Waals surface area contributed by atoms with Gasteiger partial charge in [-0.1, -0.05) is 18.2 Å². The molecule has 0 spiro atoms. The summed E-state index contributed by atoms with van der Waals surface area (Å²) in [7, 11) is -2.28. The van der Waals surface area contributed by atoms with Crippen LogP contribution in [0.5, 0.6) is 0 Å². The number of carboxylic acids is 1. The maximum Gasteiger partial charge on any atom is 0.335 e. The van der Waals surface area contributed by atoms with Crippen LogP contribution in [0.3, 0.4) is 0 Å². The third-order valence-corrected chi connectivity index (χ3v) is 6.85. The minimum absolute atomic E-state index is 0.0155. The van der Waals surface area contributed by atoms with Gasteiger partial charge in [0.2, 0.25) is 5.91 Å². The summed E-state index contributed by atoms with van der Waals surface area (Å²) in [6, 6.07) is 12.3. The molecule has 1 saturated heterocycles. The van der Waals surface area contributed by atoms with Crippen LogP contribution in [0.2, 0.25) is 0 Å². The van der Waals surface area contributed by atoms with Gasteiger partial charge in [-0.05, 0) is 36.8 Å². The average Bonchev–Trinajstić information content (AvgIpc) is 2.83. The molecule has 10 nitrogen and oxygen atoms in total. The molecule has 1 aliphatic heterocycles. The smallest absolute Gasteiger partial charge is 0.335 e. The molecule has 0 saturated carbocycles. The number of sulfonamides is 1. The fourth-order valence-corrected chi connectivity index (χ4v) is 4.77. The Morgan fingerprint density at radius 3 is 2.41 bits per heavy atom. The number of benzene rings is 2. The number of rotatable bonds is 11. The second kappa shape index (κ2) is 11.8. The summed E-state index contributed by atoms with van der Waals surface area (Å²) in [5.74, 6) is -1.19. The molecule has 0 aromatic heterocycles. The molecule has 2 aromatic carbocycles. The maximum absolute atomic E-state index is 12.9. The Hall–Kier alpha value is -3.15. The number of carbonyl (C=O) groups is 2. The van der Waals surface area contributed by atoms with E-state index >= 15 is 0 Å². The zero-order valence-electron chi connectivity index (χ0n) is 19.1. The van der Waals surface area contributed by atoms with Crippen molar-refractivity contribution in [3.05, 3.63) is 54.1 Å². The number of nitrogens with one attached hydrogen (secondary N) is 2. The van der Waals surface area contributed by atoms with E-state index in [-0.39, 0.29) is 28.6 Å². The summed E-state index contributed by atoms with van der Waals surface area (Å²) in [4.78, 5) is 27.7. The zero-order valence-corrected chi connectivity index (χ0v) is 19.9. The normalized spacial score (nSPS) is 14.6. The Kier molecular flexibility index (Phi) is 8.85. The molecule has 3 rings (SSSR count). The molecule has 11 heteroatoms. The lowest BCUT2D eigenvalue weighted by atomic mass is 10.1. The number of carboxylic acid groups (broad SMARTS) is 1. The number of carbonyl (C=O) groups excluding carboxylic acids is 1. The molecule has 1 aliphatic rings. The second-order valence-corrected chi connectivity index (χ2v) is 9.60. The van der Waals surface area contributed by atoms with Crippen LogP contribution >= 0.6 is 0 Å². The van der Waals surface area contributed by atoms with Crippen molar-refractivity contribution >= 4 is 33.3 Å². The molecule has 0 radical (unpaired) electrons. The molecule has 0 bridgehead atoms. The van der Waals surface area contributed by atoms with Gasteiger partial charge in [-0.3, -0.25) is 14.4 Å². The van der Waals surface area contributed by atoms with E-state index in [1.54, 1.807) is 31.4 Å². The van der Waals surface area contributed by atoms with Crippen LogP contribution in [0.4, 0.5) is 11.4 Å². The fourth-order valence-electron chi connectivity index (χ4n) is 3.68. The van der Waals surface area contributed by atoms with E-state index < -0.39 is 16.0 Å². The van der Waals surface area contributed by atoms with Crippen LogP contribution in [0.15, 0.2) is 53.4 Å². The Bertz CT molecular complexity index is 1090. The van der Waals surface area contributed by atoms with E-state index in [0.717, 1.165) is 6.42 Å². The number of ether oxygens (including phenoxy) is 1. The molecule has 34 heavy (non-hydrogen) atoms. The Labute approximate surface area is 199 Å². The number of nitrogens with zero attached hydrogens (tertiary/aromatic N) is 2. The zero-order chi connectivity index (χ0) is 24.6. The number of hydrogen-bond donors (Lipinski definition) is 3.